The van der Waals surface area contributed by atoms with Crippen LogP contribution >= 0.6 is 0 Å². The summed E-state index contributed by atoms with van der Waals surface area (Å²) < 4.78 is 0. The van der Waals surface area contributed by atoms with Crippen LogP contribution in [0.1, 0.15) is 40.9 Å². The van der Waals surface area contributed by atoms with E-state index in [1.807, 2.05) is 42.5 Å². The number of rotatable bonds is 2. The van der Waals surface area contributed by atoms with E-state index in [4.69, 9.17) is 6.42 Å². The number of fused-ring (bicyclic) bond motifs is 1. The summed E-state index contributed by atoms with van der Waals surface area (Å²) in [5, 5.41) is 3.47. The molecule has 0 fully saturated rings. The molecule has 1 heterocycles. The van der Waals surface area contributed by atoms with Crippen LogP contribution < -0.4 is 5.32 Å². The van der Waals surface area contributed by atoms with Crippen LogP contribution in [0.3, 0.4) is 0 Å². The van der Waals surface area contributed by atoms with E-state index >= 15 is 0 Å². The number of benzene rings is 2. The van der Waals surface area contributed by atoms with E-state index in [1.54, 1.807) is 6.08 Å². The summed E-state index contributed by atoms with van der Waals surface area (Å²) in [6.45, 7) is 4.26. The Morgan fingerprint density at radius 1 is 1.22 bits per heavy atom. The van der Waals surface area contributed by atoms with Crippen LogP contribution in [0.15, 0.2) is 54.6 Å². The van der Waals surface area contributed by atoms with Crippen molar-refractivity contribution in [2.24, 2.45) is 0 Å². The van der Waals surface area contributed by atoms with Crippen molar-refractivity contribution in [3.8, 4) is 12.3 Å². The molecule has 2 aromatic carbocycles. The summed E-state index contributed by atoms with van der Waals surface area (Å²) in [7, 11) is 0. The zero-order valence-electron chi connectivity index (χ0n) is 13.4. The second-order valence-corrected chi connectivity index (χ2v) is 6.49. The number of carbonyl (C=O) groups is 1. The molecular weight excluding hydrogens is 282 g/mol. The lowest BCUT2D eigenvalue weighted by Crippen LogP contribution is -2.43. The Morgan fingerprint density at radius 2 is 1.96 bits per heavy atom. The molecule has 0 aromatic heterocycles. The lowest BCUT2D eigenvalue weighted by molar-refractivity contribution is 0.104. The maximum absolute atomic E-state index is 12.5. The fourth-order valence-corrected chi connectivity index (χ4v) is 2.95. The Balaban J connectivity index is 2.07. The first-order chi connectivity index (χ1) is 11.0. The van der Waals surface area contributed by atoms with E-state index in [-0.39, 0.29) is 11.3 Å². The van der Waals surface area contributed by atoms with Crippen molar-refractivity contribution in [1.29, 1.82) is 0 Å². The number of nitrogens with one attached hydrogen (secondary N) is 1. The quantitative estimate of drug-likeness (QED) is 0.519. The highest BCUT2D eigenvalue weighted by Crippen LogP contribution is 2.30. The maximum Gasteiger partial charge on any atom is 0.187 e. The smallest absolute Gasteiger partial charge is 0.187 e. The topological polar surface area (TPSA) is 29.1 Å². The number of allylic oxidation sites excluding steroid dienone is 1. The van der Waals surface area contributed by atoms with Crippen molar-refractivity contribution in [1.82, 2.24) is 5.32 Å². The van der Waals surface area contributed by atoms with Gasteiger partial charge in [0.2, 0.25) is 0 Å². The van der Waals surface area contributed by atoms with Gasteiger partial charge >= 0.3 is 0 Å². The molecule has 0 bridgehead atoms. The Bertz CT molecular complexity index is 823. The molecule has 1 aliphatic rings. The van der Waals surface area contributed by atoms with Crippen LogP contribution in [0.25, 0.3) is 5.70 Å². The average molecular weight is 301 g/mol. The first kappa shape index (κ1) is 15.1. The second kappa shape index (κ2) is 5.78. The van der Waals surface area contributed by atoms with Crippen molar-refractivity contribution in [2.45, 2.75) is 25.8 Å². The minimum absolute atomic E-state index is 0.0112. The fourth-order valence-electron chi connectivity index (χ4n) is 2.95. The van der Waals surface area contributed by atoms with E-state index in [1.165, 1.54) is 5.56 Å². The van der Waals surface area contributed by atoms with Gasteiger partial charge in [-0.3, -0.25) is 4.79 Å². The Morgan fingerprint density at radius 3 is 2.65 bits per heavy atom. The van der Waals surface area contributed by atoms with Gasteiger partial charge in [-0.2, -0.15) is 0 Å². The van der Waals surface area contributed by atoms with Crippen molar-refractivity contribution in [3.05, 3.63) is 76.9 Å². The second-order valence-electron chi connectivity index (χ2n) is 6.49. The van der Waals surface area contributed by atoms with Crippen LogP contribution in [-0.2, 0) is 6.42 Å². The molecule has 0 unspecified atom stereocenters. The summed E-state index contributed by atoms with van der Waals surface area (Å²) in [5.41, 5.74) is 4.46. The number of terminal acetylenes is 1. The van der Waals surface area contributed by atoms with Gasteiger partial charge < -0.3 is 5.32 Å². The first-order valence-corrected chi connectivity index (χ1v) is 7.68. The third kappa shape index (κ3) is 3.19. The van der Waals surface area contributed by atoms with Crippen molar-refractivity contribution >= 4 is 11.5 Å². The highest BCUT2D eigenvalue weighted by Gasteiger charge is 2.28. The molecule has 0 atom stereocenters. The highest BCUT2D eigenvalue weighted by atomic mass is 16.1. The molecule has 23 heavy (non-hydrogen) atoms. The number of hydrogen-bond donors (Lipinski definition) is 1. The Labute approximate surface area is 137 Å². The van der Waals surface area contributed by atoms with Gasteiger partial charge in [0.1, 0.15) is 0 Å². The van der Waals surface area contributed by atoms with Crippen LogP contribution in [0.4, 0.5) is 0 Å². The SMILES string of the molecule is C#Cc1ccc2c(c1)/C(=C/C(=O)c1ccccc1)NC(C)(C)C2. The molecule has 0 spiro atoms. The molecular formula is C21H19NO. The molecule has 2 nitrogen and oxygen atoms in total. The van der Waals surface area contributed by atoms with Crippen LogP contribution in [0.2, 0.25) is 0 Å². The summed E-state index contributed by atoms with van der Waals surface area (Å²) >= 11 is 0. The van der Waals surface area contributed by atoms with Gasteiger partial charge in [-0.1, -0.05) is 42.3 Å². The lowest BCUT2D eigenvalue weighted by atomic mass is 9.84. The number of hydrogen-bond acceptors (Lipinski definition) is 2. The standard InChI is InChI=1S/C21H19NO/c1-4-15-10-11-17-14-21(2,3)22-19(18(17)12-15)13-20(23)16-8-6-5-7-9-16/h1,5-13,22H,14H2,2-3H3/b19-13-. The Kier molecular flexibility index (Phi) is 3.80. The van der Waals surface area contributed by atoms with E-state index < -0.39 is 0 Å². The first-order valence-electron chi connectivity index (χ1n) is 7.68. The molecule has 3 rings (SSSR count). The van der Waals surface area contributed by atoms with E-state index in [9.17, 15) is 4.79 Å². The van der Waals surface area contributed by atoms with Gasteiger partial charge in [0.25, 0.3) is 0 Å². The van der Waals surface area contributed by atoms with Crippen molar-refractivity contribution in [2.75, 3.05) is 0 Å². The third-order valence-corrected chi connectivity index (χ3v) is 4.01. The molecule has 0 aliphatic carbocycles. The minimum atomic E-state index is -0.104. The molecule has 2 aromatic rings. The summed E-state index contributed by atoms with van der Waals surface area (Å²) in [6.07, 6.45) is 8.09. The largest absolute Gasteiger partial charge is 0.379 e. The number of carbonyl (C=O) groups excluding carboxylic acids is 1. The van der Waals surface area contributed by atoms with Gasteiger partial charge in [0, 0.05) is 34.0 Å². The summed E-state index contributed by atoms with van der Waals surface area (Å²) in [4.78, 5) is 12.5. The van der Waals surface area contributed by atoms with E-state index in [0.29, 0.717) is 5.56 Å². The van der Waals surface area contributed by atoms with E-state index in [2.05, 4.69) is 31.2 Å². The zero-order chi connectivity index (χ0) is 16.4. The highest BCUT2D eigenvalue weighted by molar-refractivity contribution is 6.08. The monoisotopic (exact) mass is 301 g/mol. The third-order valence-electron chi connectivity index (χ3n) is 4.01. The van der Waals surface area contributed by atoms with Gasteiger partial charge in [-0.15, -0.1) is 6.42 Å². The molecule has 0 saturated carbocycles. The molecule has 1 aliphatic heterocycles. The molecule has 1 N–H and O–H groups in total. The summed E-state index contributed by atoms with van der Waals surface area (Å²) in [5.74, 6) is 2.65. The normalized spacial score (nSPS) is 17.0. The molecule has 0 amide bonds. The molecule has 0 radical (unpaired) electrons. The van der Waals surface area contributed by atoms with Gasteiger partial charge in [-0.05, 0) is 38.0 Å². The number of ketones is 1. The van der Waals surface area contributed by atoms with Crippen molar-refractivity contribution < 1.29 is 4.79 Å². The van der Waals surface area contributed by atoms with Gasteiger partial charge in [0.15, 0.2) is 5.78 Å². The van der Waals surface area contributed by atoms with Crippen LogP contribution in [-0.4, -0.2) is 11.3 Å². The van der Waals surface area contributed by atoms with Crippen LogP contribution in [0, 0.1) is 12.3 Å². The van der Waals surface area contributed by atoms with Gasteiger partial charge in [0.05, 0.1) is 0 Å². The molecule has 114 valence electrons. The van der Waals surface area contributed by atoms with Crippen LogP contribution in [0.5, 0.6) is 0 Å². The Hall–Kier alpha value is -2.79. The lowest BCUT2D eigenvalue weighted by Gasteiger charge is -2.35. The fraction of sp³-hybridized carbons (Fsp3) is 0.190. The predicted octanol–water partition coefficient (Wildman–Crippen LogP) is 3.82. The summed E-state index contributed by atoms with van der Waals surface area (Å²) in [6, 6.07) is 15.3. The predicted molar refractivity (Wildman–Crippen MR) is 94.0 cm³/mol. The average Bonchev–Trinajstić information content (AvgIpc) is 2.54. The molecule has 0 saturated heterocycles. The maximum atomic E-state index is 12.5. The zero-order valence-corrected chi connectivity index (χ0v) is 13.4. The van der Waals surface area contributed by atoms with E-state index in [0.717, 1.165) is 23.2 Å². The van der Waals surface area contributed by atoms with Gasteiger partial charge in [-0.25, -0.2) is 0 Å². The minimum Gasteiger partial charge on any atom is -0.379 e. The van der Waals surface area contributed by atoms with Crippen molar-refractivity contribution in [3.63, 3.8) is 0 Å². The molecule has 2 heteroatoms.